The Balaban J connectivity index is 1.22. The number of hydrogen-bond acceptors (Lipinski definition) is 2. The summed E-state index contributed by atoms with van der Waals surface area (Å²) in [6.45, 7) is -0.113. The minimum atomic E-state index is -0.113. The van der Waals surface area contributed by atoms with Crippen LogP contribution in [0.15, 0.2) is 188 Å². The first kappa shape index (κ1) is 29.0. The minimum absolute atomic E-state index is 0.113. The predicted molar refractivity (Wildman–Crippen MR) is 217 cm³/mol. The monoisotopic (exact) mass is 662 g/mol. The SMILES string of the molecule is c1ccc(-c2ccccc2-c2cc3c4c(c2)-c2ccccc2N(c2ccccc2)B4c2cccc(-n4c5ccccc5c5ccccc54)c2O3)cc1. The van der Waals surface area contributed by atoms with E-state index in [-0.39, 0.29) is 6.85 Å². The maximum atomic E-state index is 7.34. The van der Waals surface area contributed by atoms with Crippen LogP contribution < -0.4 is 20.5 Å². The van der Waals surface area contributed by atoms with Crippen molar-refractivity contribution in [3.63, 3.8) is 0 Å². The van der Waals surface area contributed by atoms with Crippen LogP contribution in [0.5, 0.6) is 11.5 Å². The number of ether oxygens (including phenoxy) is 1. The molecule has 0 saturated carbocycles. The maximum Gasteiger partial charge on any atom is 0.336 e. The van der Waals surface area contributed by atoms with Crippen molar-refractivity contribution < 1.29 is 4.74 Å². The van der Waals surface area contributed by atoms with Gasteiger partial charge in [0.05, 0.1) is 16.7 Å². The van der Waals surface area contributed by atoms with Crippen molar-refractivity contribution in [3.05, 3.63) is 188 Å². The Morgan fingerprint density at radius 2 is 1.00 bits per heavy atom. The molecule has 0 radical (unpaired) electrons. The Morgan fingerprint density at radius 3 is 1.73 bits per heavy atom. The summed E-state index contributed by atoms with van der Waals surface area (Å²) in [5, 5.41) is 2.46. The summed E-state index contributed by atoms with van der Waals surface area (Å²) in [6.07, 6.45) is 0. The van der Waals surface area contributed by atoms with E-state index >= 15 is 0 Å². The van der Waals surface area contributed by atoms with Gasteiger partial charge >= 0.3 is 6.85 Å². The molecule has 0 unspecified atom stereocenters. The molecule has 0 N–H and O–H groups in total. The van der Waals surface area contributed by atoms with E-state index in [0.717, 1.165) is 44.9 Å². The lowest BCUT2D eigenvalue weighted by Gasteiger charge is -2.42. The number of para-hydroxylation sites is 5. The van der Waals surface area contributed by atoms with Crippen LogP contribution >= 0.6 is 0 Å². The molecule has 242 valence electrons. The standard InChI is InChI=1S/C48H31BN2O/c1-3-16-32(17-4-1)35-20-7-8-21-36(35)33-30-40-39-24-11-14-28-44(39)51(34-18-5-2-6-19-34)49-41-25-15-29-45(48(41)52-46(31-33)47(40)49)50-42-26-12-9-22-37(42)38-23-10-13-27-43(38)50/h1-31H. The summed E-state index contributed by atoms with van der Waals surface area (Å²) in [7, 11) is 0. The van der Waals surface area contributed by atoms with Gasteiger partial charge in [-0.05, 0) is 81.8 Å². The highest BCUT2D eigenvalue weighted by Gasteiger charge is 2.44. The van der Waals surface area contributed by atoms with Crippen LogP contribution in [0.1, 0.15) is 0 Å². The summed E-state index contributed by atoms with van der Waals surface area (Å²) >= 11 is 0. The molecule has 11 rings (SSSR count). The molecule has 0 bridgehead atoms. The second-order valence-electron chi connectivity index (χ2n) is 13.6. The fourth-order valence-corrected chi connectivity index (χ4v) is 8.66. The van der Waals surface area contributed by atoms with Gasteiger partial charge in [0.15, 0.2) is 0 Å². The molecule has 2 aliphatic rings. The highest BCUT2D eigenvalue weighted by Crippen LogP contribution is 2.47. The number of nitrogens with zero attached hydrogens (tertiary/aromatic N) is 2. The molecule has 3 heterocycles. The van der Waals surface area contributed by atoms with Crippen molar-refractivity contribution in [1.29, 1.82) is 0 Å². The smallest absolute Gasteiger partial charge is 0.336 e. The van der Waals surface area contributed by atoms with E-state index in [2.05, 4.69) is 197 Å². The van der Waals surface area contributed by atoms with E-state index in [9.17, 15) is 0 Å². The van der Waals surface area contributed by atoms with Crippen molar-refractivity contribution in [2.24, 2.45) is 0 Å². The molecule has 3 nitrogen and oxygen atoms in total. The molecule has 0 atom stereocenters. The lowest BCUT2D eigenvalue weighted by molar-refractivity contribution is 0.485. The van der Waals surface area contributed by atoms with Gasteiger partial charge in [0.2, 0.25) is 0 Å². The largest absolute Gasteiger partial charge is 0.456 e. The van der Waals surface area contributed by atoms with Crippen molar-refractivity contribution in [3.8, 4) is 50.6 Å². The topological polar surface area (TPSA) is 17.4 Å². The second-order valence-corrected chi connectivity index (χ2v) is 13.6. The first-order chi connectivity index (χ1) is 25.8. The first-order valence-corrected chi connectivity index (χ1v) is 17.9. The van der Waals surface area contributed by atoms with E-state index in [1.54, 1.807) is 0 Å². The Kier molecular flexibility index (Phi) is 6.35. The Hall–Kier alpha value is -6.78. The normalized spacial score (nSPS) is 12.7. The molecular weight excluding hydrogens is 631 g/mol. The number of rotatable bonds is 4. The Labute approximate surface area is 302 Å². The quantitative estimate of drug-likeness (QED) is 0.175. The predicted octanol–water partition coefficient (Wildman–Crippen LogP) is 11.1. The zero-order chi connectivity index (χ0) is 34.2. The third-order valence-electron chi connectivity index (χ3n) is 10.8. The molecular formula is C48H31BN2O. The molecule has 0 fully saturated rings. The summed E-state index contributed by atoms with van der Waals surface area (Å²) in [4.78, 5) is 2.51. The van der Waals surface area contributed by atoms with Crippen molar-refractivity contribution in [2.45, 2.75) is 0 Å². The van der Waals surface area contributed by atoms with Gasteiger partial charge in [0.1, 0.15) is 11.5 Å². The van der Waals surface area contributed by atoms with E-state index in [1.165, 1.54) is 49.7 Å². The highest BCUT2D eigenvalue weighted by atomic mass is 16.5. The minimum Gasteiger partial charge on any atom is -0.456 e. The lowest BCUT2D eigenvalue weighted by Crippen LogP contribution is -2.59. The lowest BCUT2D eigenvalue weighted by atomic mass is 9.44. The fourth-order valence-electron chi connectivity index (χ4n) is 8.66. The van der Waals surface area contributed by atoms with Crippen molar-refractivity contribution in [2.75, 3.05) is 4.81 Å². The van der Waals surface area contributed by atoms with Crippen molar-refractivity contribution >= 4 is 51.0 Å². The maximum absolute atomic E-state index is 7.34. The van der Waals surface area contributed by atoms with E-state index in [0.29, 0.717) is 0 Å². The van der Waals surface area contributed by atoms with Crippen molar-refractivity contribution in [1.82, 2.24) is 4.57 Å². The third-order valence-corrected chi connectivity index (χ3v) is 10.8. The Morgan fingerprint density at radius 1 is 0.423 bits per heavy atom. The highest BCUT2D eigenvalue weighted by molar-refractivity contribution is 6.92. The van der Waals surface area contributed by atoms with E-state index < -0.39 is 0 Å². The molecule has 0 saturated heterocycles. The zero-order valence-electron chi connectivity index (χ0n) is 28.3. The Bertz CT molecular complexity index is 2790. The number of aromatic nitrogens is 1. The van der Waals surface area contributed by atoms with Gasteiger partial charge in [-0.15, -0.1) is 0 Å². The molecule has 0 spiro atoms. The number of hydrogen-bond donors (Lipinski definition) is 0. The van der Waals surface area contributed by atoms with Gasteiger partial charge in [-0.1, -0.05) is 140 Å². The van der Waals surface area contributed by atoms with Crippen LogP contribution in [0, 0.1) is 0 Å². The van der Waals surface area contributed by atoms with E-state index in [4.69, 9.17) is 4.74 Å². The number of anilines is 2. The van der Waals surface area contributed by atoms with Crippen LogP contribution in [-0.2, 0) is 0 Å². The molecule has 8 aromatic carbocycles. The molecule has 52 heavy (non-hydrogen) atoms. The first-order valence-electron chi connectivity index (χ1n) is 17.9. The number of fused-ring (bicyclic) bond motifs is 7. The summed E-state index contributed by atoms with van der Waals surface area (Å²) in [6, 6.07) is 67.7. The summed E-state index contributed by atoms with van der Waals surface area (Å²) < 4.78 is 9.72. The van der Waals surface area contributed by atoms with Crippen LogP contribution in [0.3, 0.4) is 0 Å². The third kappa shape index (κ3) is 4.21. The average Bonchev–Trinajstić information content (AvgIpc) is 3.55. The average molecular weight is 663 g/mol. The van der Waals surface area contributed by atoms with Gasteiger partial charge < -0.3 is 14.1 Å². The van der Waals surface area contributed by atoms with Crippen LogP contribution in [0.4, 0.5) is 11.4 Å². The molecule has 0 aliphatic carbocycles. The summed E-state index contributed by atoms with van der Waals surface area (Å²) in [5.41, 5.74) is 15.1. The van der Waals surface area contributed by atoms with Gasteiger partial charge in [-0.3, -0.25) is 0 Å². The van der Waals surface area contributed by atoms with Gasteiger partial charge in [-0.25, -0.2) is 0 Å². The van der Waals surface area contributed by atoms with Gasteiger partial charge in [-0.2, -0.15) is 0 Å². The zero-order valence-corrected chi connectivity index (χ0v) is 28.3. The fraction of sp³-hybridized carbons (Fsp3) is 0. The summed E-state index contributed by atoms with van der Waals surface area (Å²) in [5.74, 6) is 1.77. The molecule has 4 heteroatoms. The molecule has 1 aromatic heterocycles. The molecule has 2 aliphatic heterocycles. The van der Waals surface area contributed by atoms with Crippen LogP contribution in [0.2, 0.25) is 0 Å². The van der Waals surface area contributed by atoms with Crippen LogP contribution in [-0.4, -0.2) is 11.4 Å². The van der Waals surface area contributed by atoms with Gasteiger partial charge in [0, 0.05) is 33.2 Å². The molecule has 0 amide bonds. The number of benzene rings is 8. The van der Waals surface area contributed by atoms with Crippen LogP contribution in [0.25, 0.3) is 60.9 Å². The van der Waals surface area contributed by atoms with Gasteiger partial charge in [0.25, 0.3) is 0 Å². The molecule has 9 aromatic rings. The second kappa shape index (κ2) is 11.4. The van der Waals surface area contributed by atoms with E-state index in [1.807, 2.05) is 0 Å².